The van der Waals surface area contributed by atoms with Crippen LogP contribution in [0.25, 0.3) is 0 Å². The minimum absolute atomic E-state index is 0.0922. The van der Waals surface area contributed by atoms with E-state index in [4.69, 9.17) is 0 Å². The van der Waals surface area contributed by atoms with Gasteiger partial charge in [-0.1, -0.05) is 24.3 Å². The van der Waals surface area contributed by atoms with Crippen molar-refractivity contribution < 1.29 is 13.2 Å². The Morgan fingerprint density at radius 1 is 1.10 bits per heavy atom. The molecule has 3 aromatic rings. The molecule has 1 aliphatic heterocycles. The highest BCUT2D eigenvalue weighted by molar-refractivity contribution is 7.93. The highest BCUT2D eigenvalue weighted by atomic mass is 32.2. The van der Waals surface area contributed by atoms with Crippen LogP contribution in [0.4, 0.5) is 10.8 Å². The third-order valence-corrected chi connectivity index (χ3v) is 7.14. The molecule has 2 N–H and O–H groups in total. The molecule has 1 amide bonds. The molecule has 0 spiro atoms. The molecule has 7 nitrogen and oxygen atoms in total. The number of aromatic nitrogens is 1. The van der Waals surface area contributed by atoms with E-state index in [1.54, 1.807) is 17.5 Å². The van der Waals surface area contributed by atoms with Crippen molar-refractivity contribution in [3.63, 3.8) is 0 Å². The van der Waals surface area contributed by atoms with Crippen LogP contribution in [0.15, 0.2) is 65.0 Å². The SMILES string of the molecule is O=C(CCN1CCc2ccccc2C1)Nc1ccc(S(=O)(=O)Nc2nccs2)cc1. The lowest BCUT2D eigenvalue weighted by Crippen LogP contribution is -2.33. The molecule has 0 saturated heterocycles. The lowest BCUT2D eigenvalue weighted by atomic mass is 10.00. The maximum Gasteiger partial charge on any atom is 0.263 e. The average Bonchev–Trinajstić information content (AvgIpc) is 3.25. The molecule has 156 valence electrons. The molecule has 0 bridgehead atoms. The summed E-state index contributed by atoms with van der Waals surface area (Å²) in [4.78, 5) is 18.6. The third-order valence-electron chi connectivity index (χ3n) is 4.97. The van der Waals surface area contributed by atoms with E-state index in [9.17, 15) is 13.2 Å². The van der Waals surface area contributed by atoms with Crippen LogP contribution in [-0.4, -0.2) is 37.3 Å². The number of anilines is 2. The number of nitrogens with zero attached hydrogens (tertiary/aromatic N) is 2. The number of thiazole rings is 1. The second kappa shape index (κ2) is 8.95. The van der Waals surface area contributed by atoms with Crippen LogP contribution in [-0.2, 0) is 27.8 Å². The fraction of sp³-hybridized carbons (Fsp3) is 0.238. The summed E-state index contributed by atoms with van der Waals surface area (Å²) >= 11 is 1.21. The Morgan fingerprint density at radius 3 is 2.60 bits per heavy atom. The number of carbonyl (C=O) groups is 1. The predicted molar refractivity (Wildman–Crippen MR) is 118 cm³/mol. The molecule has 9 heteroatoms. The van der Waals surface area contributed by atoms with Crippen molar-refractivity contribution >= 4 is 38.1 Å². The van der Waals surface area contributed by atoms with Crippen molar-refractivity contribution in [2.24, 2.45) is 0 Å². The fourth-order valence-corrected chi connectivity index (χ4v) is 5.18. The molecule has 2 heterocycles. The smallest absolute Gasteiger partial charge is 0.263 e. The molecule has 0 aliphatic carbocycles. The molecule has 4 rings (SSSR count). The van der Waals surface area contributed by atoms with Crippen molar-refractivity contribution in [3.8, 4) is 0 Å². The first-order valence-electron chi connectivity index (χ1n) is 9.61. The third kappa shape index (κ3) is 5.05. The summed E-state index contributed by atoms with van der Waals surface area (Å²) in [6, 6.07) is 14.5. The van der Waals surface area contributed by atoms with Crippen LogP contribution < -0.4 is 10.0 Å². The zero-order chi connectivity index (χ0) is 21.0. The number of sulfonamides is 1. The maximum absolute atomic E-state index is 12.4. The summed E-state index contributed by atoms with van der Waals surface area (Å²) in [5.74, 6) is -0.0922. The maximum atomic E-state index is 12.4. The molecule has 30 heavy (non-hydrogen) atoms. The molecule has 0 radical (unpaired) electrons. The van der Waals surface area contributed by atoms with E-state index in [2.05, 4.69) is 38.1 Å². The van der Waals surface area contributed by atoms with E-state index in [0.29, 0.717) is 23.8 Å². The zero-order valence-electron chi connectivity index (χ0n) is 16.2. The first kappa shape index (κ1) is 20.5. The number of hydrogen-bond donors (Lipinski definition) is 2. The Bertz CT molecular complexity index is 1110. The van der Waals surface area contributed by atoms with Crippen LogP contribution in [0.2, 0.25) is 0 Å². The molecular weight excluding hydrogens is 420 g/mol. The summed E-state index contributed by atoms with van der Waals surface area (Å²) in [6.07, 6.45) is 2.92. The normalized spacial score (nSPS) is 14.1. The Balaban J connectivity index is 1.29. The Kier molecular flexibility index (Phi) is 6.12. The summed E-state index contributed by atoms with van der Waals surface area (Å²) in [6.45, 7) is 2.50. The largest absolute Gasteiger partial charge is 0.326 e. The minimum atomic E-state index is -3.70. The average molecular weight is 443 g/mol. The van der Waals surface area contributed by atoms with E-state index >= 15 is 0 Å². The molecule has 0 saturated carbocycles. The van der Waals surface area contributed by atoms with Gasteiger partial charge in [0.05, 0.1) is 4.90 Å². The van der Waals surface area contributed by atoms with E-state index in [0.717, 1.165) is 19.5 Å². The van der Waals surface area contributed by atoms with Gasteiger partial charge < -0.3 is 5.32 Å². The second-order valence-corrected chi connectivity index (χ2v) is 9.64. The number of nitrogens with one attached hydrogen (secondary N) is 2. The Hall–Kier alpha value is -2.75. The topological polar surface area (TPSA) is 91.4 Å². The van der Waals surface area contributed by atoms with Crippen molar-refractivity contribution in [3.05, 3.63) is 71.2 Å². The van der Waals surface area contributed by atoms with E-state index in [1.165, 1.54) is 40.8 Å². The number of rotatable bonds is 7. The summed E-state index contributed by atoms with van der Waals surface area (Å²) in [5, 5.41) is 4.84. The van der Waals surface area contributed by atoms with Gasteiger partial charge in [0.25, 0.3) is 10.0 Å². The molecule has 2 aromatic carbocycles. The monoisotopic (exact) mass is 442 g/mol. The van der Waals surface area contributed by atoms with Gasteiger partial charge in [-0.15, -0.1) is 11.3 Å². The van der Waals surface area contributed by atoms with Crippen LogP contribution in [0.5, 0.6) is 0 Å². The van der Waals surface area contributed by atoms with Crippen LogP contribution in [0.1, 0.15) is 17.5 Å². The van der Waals surface area contributed by atoms with Gasteiger partial charge in [-0.2, -0.15) is 0 Å². The molecular formula is C21H22N4O3S2. The molecule has 1 aliphatic rings. The quantitative estimate of drug-likeness (QED) is 0.586. The van der Waals surface area contributed by atoms with Gasteiger partial charge in [-0.25, -0.2) is 13.4 Å². The highest BCUT2D eigenvalue weighted by Crippen LogP contribution is 2.20. The highest BCUT2D eigenvalue weighted by Gasteiger charge is 2.17. The van der Waals surface area contributed by atoms with Crippen molar-refractivity contribution in [2.75, 3.05) is 23.1 Å². The van der Waals surface area contributed by atoms with Gasteiger partial charge in [0, 0.05) is 43.3 Å². The Morgan fingerprint density at radius 2 is 1.87 bits per heavy atom. The van der Waals surface area contributed by atoms with E-state index in [1.807, 2.05) is 6.07 Å². The van der Waals surface area contributed by atoms with Crippen LogP contribution >= 0.6 is 11.3 Å². The van der Waals surface area contributed by atoms with Crippen LogP contribution in [0.3, 0.4) is 0 Å². The minimum Gasteiger partial charge on any atom is -0.326 e. The predicted octanol–water partition coefficient (Wildman–Crippen LogP) is 3.33. The number of fused-ring (bicyclic) bond motifs is 1. The lowest BCUT2D eigenvalue weighted by Gasteiger charge is -2.28. The van der Waals surface area contributed by atoms with Gasteiger partial charge in [-0.05, 0) is 41.8 Å². The summed E-state index contributed by atoms with van der Waals surface area (Å²) in [5.41, 5.74) is 3.28. The standard InChI is InChI=1S/C21H22N4O3S2/c26-20(10-13-25-12-9-16-3-1-2-4-17(16)15-25)23-18-5-7-19(8-6-18)30(27,28)24-21-22-11-14-29-21/h1-8,11,14H,9-10,12-13,15H2,(H,22,24)(H,23,26). The van der Waals surface area contributed by atoms with E-state index in [-0.39, 0.29) is 10.8 Å². The second-order valence-electron chi connectivity index (χ2n) is 7.06. The number of hydrogen-bond acceptors (Lipinski definition) is 6. The van der Waals surface area contributed by atoms with Crippen LogP contribution in [0, 0.1) is 0 Å². The number of amides is 1. The summed E-state index contributed by atoms with van der Waals surface area (Å²) < 4.78 is 27.1. The molecule has 0 unspecified atom stereocenters. The summed E-state index contributed by atoms with van der Waals surface area (Å²) in [7, 11) is -3.70. The first-order chi connectivity index (χ1) is 14.5. The number of carbonyl (C=O) groups excluding carboxylic acids is 1. The zero-order valence-corrected chi connectivity index (χ0v) is 17.9. The number of benzene rings is 2. The van der Waals surface area contributed by atoms with E-state index < -0.39 is 10.0 Å². The van der Waals surface area contributed by atoms with Crippen molar-refractivity contribution in [2.45, 2.75) is 24.3 Å². The first-order valence-corrected chi connectivity index (χ1v) is 12.0. The van der Waals surface area contributed by atoms with Gasteiger partial charge in [0.1, 0.15) is 0 Å². The van der Waals surface area contributed by atoms with Gasteiger partial charge in [0.2, 0.25) is 5.91 Å². The lowest BCUT2D eigenvalue weighted by molar-refractivity contribution is -0.116. The van der Waals surface area contributed by atoms with Crippen molar-refractivity contribution in [1.29, 1.82) is 0 Å². The molecule has 0 fully saturated rings. The molecule has 1 aromatic heterocycles. The fourth-order valence-electron chi connectivity index (χ4n) is 3.39. The molecule has 0 atom stereocenters. The Labute approximate surface area is 179 Å². The van der Waals surface area contributed by atoms with Gasteiger partial charge >= 0.3 is 0 Å². The van der Waals surface area contributed by atoms with Crippen molar-refractivity contribution in [1.82, 2.24) is 9.88 Å². The van der Waals surface area contributed by atoms with Gasteiger partial charge in [-0.3, -0.25) is 14.4 Å². The van der Waals surface area contributed by atoms with Gasteiger partial charge in [0.15, 0.2) is 5.13 Å².